The Labute approximate surface area is 145 Å². The number of benzene rings is 1. The van der Waals surface area contributed by atoms with Gasteiger partial charge in [-0.05, 0) is 40.4 Å². The molecular formula is C17H21N5O3. The van der Waals surface area contributed by atoms with E-state index in [1.54, 1.807) is 4.57 Å². The second-order valence-corrected chi connectivity index (χ2v) is 6.11. The van der Waals surface area contributed by atoms with Gasteiger partial charge in [-0.2, -0.15) is 0 Å². The number of amides is 1. The van der Waals surface area contributed by atoms with Crippen molar-refractivity contribution in [1.29, 1.82) is 0 Å². The van der Waals surface area contributed by atoms with Gasteiger partial charge in [0.2, 0.25) is 12.2 Å². The summed E-state index contributed by atoms with van der Waals surface area (Å²) in [4.78, 5) is 28.0. The highest BCUT2D eigenvalue weighted by atomic mass is 16.6. The van der Waals surface area contributed by atoms with Crippen LogP contribution in [0.3, 0.4) is 0 Å². The highest BCUT2D eigenvalue weighted by Gasteiger charge is 2.12. The van der Waals surface area contributed by atoms with Gasteiger partial charge in [0.05, 0.1) is 0 Å². The number of imidazole rings is 1. The Kier molecular flexibility index (Phi) is 5.27. The summed E-state index contributed by atoms with van der Waals surface area (Å²) in [7, 11) is 0. The van der Waals surface area contributed by atoms with Crippen LogP contribution in [0.25, 0.3) is 0 Å². The lowest BCUT2D eigenvalue weighted by molar-refractivity contribution is -0.389. The molecule has 1 aliphatic heterocycles. The minimum atomic E-state index is -0.553. The maximum atomic E-state index is 11.9. The van der Waals surface area contributed by atoms with Gasteiger partial charge in [-0.1, -0.05) is 12.1 Å². The minimum absolute atomic E-state index is 0.0972. The summed E-state index contributed by atoms with van der Waals surface area (Å²) in [6, 6.07) is 8.26. The Morgan fingerprint density at radius 3 is 2.60 bits per heavy atom. The van der Waals surface area contributed by atoms with Gasteiger partial charge in [0, 0.05) is 38.3 Å². The van der Waals surface area contributed by atoms with E-state index in [0.29, 0.717) is 13.1 Å². The first-order valence-electron chi connectivity index (χ1n) is 8.38. The van der Waals surface area contributed by atoms with Gasteiger partial charge in [0.25, 0.3) is 0 Å². The van der Waals surface area contributed by atoms with Crippen LogP contribution in [-0.4, -0.2) is 33.5 Å². The molecule has 132 valence electrons. The van der Waals surface area contributed by atoms with E-state index in [4.69, 9.17) is 0 Å². The largest absolute Gasteiger partial charge is 0.381 e. The molecule has 1 aromatic carbocycles. The van der Waals surface area contributed by atoms with Crippen LogP contribution in [0.4, 0.5) is 11.5 Å². The van der Waals surface area contributed by atoms with Crippen LogP contribution in [0, 0.1) is 10.1 Å². The molecule has 2 heterocycles. The molecule has 8 nitrogen and oxygen atoms in total. The quantitative estimate of drug-likeness (QED) is 0.614. The lowest BCUT2D eigenvalue weighted by Crippen LogP contribution is -2.24. The van der Waals surface area contributed by atoms with E-state index in [1.165, 1.54) is 31.1 Å². The molecule has 8 heteroatoms. The van der Waals surface area contributed by atoms with Crippen LogP contribution in [0.5, 0.6) is 0 Å². The molecular weight excluding hydrogens is 322 g/mol. The Morgan fingerprint density at radius 1 is 1.24 bits per heavy atom. The number of carbonyl (C=O) groups excluding carboxylic acids is 1. The summed E-state index contributed by atoms with van der Waals surface area (Å²) in [5.41, 5.74) is 2.28. The number of nitrogens with zero attached hydrogens (tertiary/aromatic N) is 4. The van der Waals surface area contributed by atoms with E-state index in [-0.39, 0.29) is 18.1 Å². The average molecular weight is 343 g/mol. The van der Waals surface area contributed by atoms with E-state index < -0.39 is 4.92 Å². The van der Waals surface area contributed by atoms with Gasteiger partial charge < -0.3 is 24.9 Å². The van der Waals surface area contributed by atoms with Crippen LogP contribution in [0.1, 0.15) is 24.8 Å². The van der Waals surface area contributed by atoms with Crippen molar-refractivity contribution >= 4 is 17.4 Å². The molecule has 0 bridgehead atoms. The number of nitrogens with one attached hydrogen (secondary N) is 1. The van der Waals surface area contributed by atoms with Crippen molar-refractivity contribution in [3.05, 3.63) is 52.5 Å². The summed E-state index contributed by atoms with van der Waals surface area (Å²) >= 11 is 0. The number of hydrogen-bond donors (Lipinski definition) is 1. The van der Waals surface area contributed by atoms with Crippen molar-refractivity contribution in [3.8, 4) is 0 Å². The van der Waals surface area contributed by atoms with E-state index in [0.717, 1.165) is 18.7 Å². The molecule has 1 N–H and O–H groups in total. The fourth-order valence-corrected chi connectivity index (χ4v) is 2.88. The van der Waals surface area contributed by atoms with Gasteiger partial charge in [-0.15, -0.1) is 0 Å². The molecule has 0 aliphatic carbocycles. The number of aromatic nitrogens is 2. The normalized spacial score (nSPS) is 13.8. The summed E-state index contributed by atoms with van der Waals surface area (Å²) in [5.74, 6) is -0.307. The maximum Gasteiger partial charge on any atom is 0.381 e. The number of anilines is 1. The lowest BCUT2D eigenvalue weighted by Gasteiger charge is -2.17. The smallest absolute Gasteiger partial charge is 0.372 e. The van der Waals surface area contributed by atoms with Gasteiger partial charge in [-0.3, -0.25) is 4.79 Å². The van der Waals surface area contributed by atoms with Gasteiger partial charge >= 0.3 is 5.82 Å². The van der Waals surface area contributed by atoms with Crippen molar-refractivity contribution in [1.82, 2.24) is 14.9 Å². The number of rotatable bonds is 7. The Morgan fingerprint density at radius 2 is 1.96 bits per heavy atom. The first-order chi connectivity index (χ1) is 12.1. The third kappa shape index (κ3) is 4.56. The zero-order valence-corrected chi connectivity index (χ0v) is 13.9. The van der Waals surface area contributed by atoms with E-state index in [9.17, 15) is 14.9 Å². The van der Waals surface area contributed by atoms with Crippen LogP contribution in [-0.2, 0) is 17.9 Å². The highest BCUT2D eigenvalue weighted by molar-refractivity contribution is 5.75. The molecule has 3 rings (SSSR count). The summed E-state index contributed by atoms with van der Waals surface area (Å²) in [6.45, 7) is 3.06. The molecule has 1 aliphatic rings. The van der Waals surface area contributed by atoms with Crippen molar-refractivity contribution in [3.63, 3.8) is 0 Å². The molecule has 25 heavy (non-hydrogen) atoms. The molecule has 1 fully saturated rings. The maximum absolute atomic E-state index is 11.9. The monoisotopic (exact) mass is 343 g/mol. The second kappa shape index (κ2) is 7.78. The topological polar surface area (TPSA) is 93.3 Å². The molecule has 1 amide bonds. The van der Waals surface area contributed by atoms with Crippen molar-refractivity contribution in [2.45, 2.75) is 32.4 Å². The van der Waals surface area contributed by atoms with Gasteiger partial charge in [-0.25, -0.2) is 0 Å². The van der Waals surface area contributed by atoms with Crippen LogP contribution in [0.15, 0.2) is 36.8 Å². The fourth-order valence-electron chi connectivity index (χ4n) is 2.88. The predicted octanol–water partition coefficient (Wildman–Crippen LogP) is 2.10. The van der Waals surface area contributed by atoms with Crippen molar-refractivity contribution < 1.29 is 9.72 Å². The van der Waals surface area contributed by atoms with E-state index in [1.807, 2.05) is 12.1 Å². The second-order valence-electron chi connectivity index (χ2n) is 6.11. The standard InChI is InChI=1S/C17H21N5O3/c23-17(7-10-20-12-16(19-13-20)22(24)25)18-11-14-3-5-15(6-4-14)21-8-1-2-9-21/h3-6,12-13H,1-2,7-11H2,(H,18,23). The summed E-state index contributed by atoms with van der Waals surface area (Å²) < 4.78 is 1.54. The van der Waals surface area contributed by atoms with Gasteiger partial charge in [0.15, 0.2) is 0 Å². The number of carbonyl (C=O) groups is 1. The fraction of sp³-hybridized carbons (Fsp3) is 0.412. The lowest BCUT2D eigenvalue weighted by atomic mass is 10.2. The first-order valence-corrected chi connectivity index (χ1v) is 8.38. The number of nitro groups is 1. The van der Waals surface area contributed by atoms with Gasteiger partial charge in [0.1, 0.15) is 6.20 Å². The molecule has 0 saturated carbocycles. The Hall–Kier alpha value is -2.90. The van der Waals surface area contributed by atoms with Crippen molar-refractivity contribution in [2.75, 3.05) is 18.0 Å². The SMILES string of the molecule is O=C(CCn1cnc([N+](=O)[O-])c1)NCc1ccc(N2CCCC2)cc1. The highest BCUT2D eigenvalue weighted by Crippen LogP contribution is 2.20. The Balaban J connectivity index is 1.43. The number of aryl methyl sites for hydroxylation is 1. The molecule has 0 radical (unpaired) electrons. The molecule has 1 aromatic heterocycles. The van der Waals surface area contributed by atoms with Crippen molar-refractivity contribution in [2.24, 2.45) is 0 Å². The summed E-state index contributed by atoms with van der Waals surface area (Å²) in [6.07, 6.45) is 5.43. The first kappa shape index (κ1) is 16.9. The molecule has 0 spiro atoms. The minimum Gasteiger partial charge on any atom is -0.372 e. The molecule has 2 aromatic rings. The zero-order valence-electron chi connectivity index (χ0n) is 13.9. The molecule has 0 unspecified atom stereocenters. The average Bonchev–Trinajstić information content (AvgIpc) is 3.30. The Bertz CT molecular complexity index is 735. The third-order valence-corrected chi connectivity index (χ3v) is 4.30. The predicted molar refractivity (Wildman–Crippen MR) is 93.2 cm³/mol. The third-order valence-electron chi connectivity index (χ3n) is 4.30. The van der Waals surface area contributed by atoms with E-state index >= 15 is 0 Å². The summed E-state index contributed by atoms with van der Waals surface area (Å²) in [5, 5.41) is 13.4. The van der Waals surface area contributed by atoms with E-state index in [2.05, 4.69) is 27.3 Å². The molecule has 0 atom stereocenters. The van der Waals surface area contributed by atoms with Crippen LogP contribution >= 0.6 is 0 Å². The number of hydrogen-bond acceptors (Lipinski definition) is 5. The van der Waals surface area contributed by atoms with Crippen LogP contribution < -0.4 is 10.2 Å². The molecule has 1 saturated heterocycles. The van der Waals surface area contributed by atoms with Crippen LogP contribution in [0.2, 0.25) is 0 Å². The zero-order chi connectivity index (χ0) is 17.6.